The summed E-state index contributed by atoms with van der Waals surface area (Å²) in [6.07, 6.45) is 7.09. The van der Waals surface area contributed by atoms with Crippen LogP contribution in [-0.4, -0.2) is 40.3 Å². The first-order valence-electron chi connectivity index (χ1n) is 8.70. The van der Waals surface area contributed by atoms with Gasteiger partial charge in [-0.25, -0.2) is 9.97 Å². The minimum absolute atomic E-state index is 0.625. The zero-order chi connectivity index (χ0) is 19.4. The lowest BCUT2D eigenvalue weighted by Gasteiger charge is -1.97. The molecule has 0 bridgehead atoms. The number of H-pyrrole nitrogens is 3. The second-order valence-electron chi connectivity index (χ2n) is 6.42. The van der Waals surface area contributed by atoms with E-state index in [0.29, 0.717) is 11.5 Å². The molecule has 0 aromatic carbocycles. The van der Waals surface area contributed by atoms with Crippen molar-refractivity contribution in [3.63, 3.8) is 0 Å². The summed E-state index contributed by atoms with van der Waals surface area (Å²) in [5.41, 5.74) is 6.49. The van der Waals surface area contributed by atoms with Crippen molar-refractivity contribution >= 4 is 45.0 Å². The van der Waals surface area contributed by atoms with Crippen LogP contribution in [0.1, 0.15) is 0 Å². The molecule has 29 heavy (non-hydrogen) atoms. The lowest BCUT2D eigenvalue weighted by atomic mass is 10.2. The second-order valence-corrected chi connectivity index (χ2v) is 8.14. The molecule has 6 rings (SSSR count). The highest BCUT2D eigenvalue weighted by molar-refractivity contribution is 7.19. The van der Waals surface area contributed by atoms with Gasteiger partial charge in [-0.2, -0.15) is 10.2 Å². The van der Waals surface area contributed by atoms with Gasteiger partial charge in [0.25, 0.3) is 0 Å². The van der Waals surface area contributed by atoms with E-state index in [1.54, 1.807) is 24.8 Å². The van der Waals surface area contributed by atoms with Crippen LogP contribution in [0.4, 0.5) is 0 Å². The molecule has 6 aromatic rings. The number of aromatic nitrogens is 8. The molecule has 6 aromatic heterocycles. The molecule has 0 saturated carbocycles. The van der Waals surface area contributed by atoms with Gasteiger partial charge in [-0.05, 0) is 24.3 Å². The lowest BCUT2D eigenvalue weighted by Crippen LogP contribution is -1.86. The summed E-state index contributed by atoms with van der Waals surface area (Å²) in [5, 5.41) is 14.3. The van der Waals surface area contributed by atoms with Gasteiger partial charge in [-0.1, -0.05) is 11.6 Å². The molecule has 0 saturated heterocycles. The van der Waals surface area contributed by atoms with Crippen molar-refractivity contribution in [3.05, 3.63) is 53.4 Å². The van der Waals surface area contributed by atoms with Crippen LogP contribution in [0.15, 0.2) is 49.1 Å². The Morgan fingerprint density at radius 2 is 1.90 bits per heavy atom. The van der Waals surface area contributed by atoms with Gasteiger partial charge >= 0.3 is 0 Å². The number of aromatic amines is 3. The van der Waals surface area contributed by atoms with Gasteiger partial charge in [0.2, 0.25) is 0 Å². The van der Waals surface area contributed by atoms with E-state index in [2.05, 4.69) is 30.4 Å². The maximum absolute atomic E-state index is 6.11. The number of rotatable bonds is 3. The van der Waals surface area contributed by atoms with Gasteiger partial charge in [-0.15, -0.1) is 11.3 Å². The molecule has 0 atom stereocenters. The molecule has 10 heteroatoms. The first-order valence-corrected chi connectivity index (χ1v) is 9.90. The molecule has 6 heterocycles. The molecule has 3 N–H and O–H groups in total. The van der Waals surface area contributed by atoms with Gasteiger partial charge < -0.3 is 4.98 Å². The Hall–Kier alpha value is -3.56. The summed E-state index contributed by atoms with van der Waals surface area (Å²) < 4.78 is 0.724. The predicted molar refractivity (Wildman–Crippen MR) is 113 cm³/mol. The van der Waals surface area contributed by atoms with Crippen molar-refractivity contribution in [3.8, 4) is 33.2 Å². The Morgan fingerprint density at radius 3 is 2.72 bits per heavy atom. The van der Waals surface area contributed by atoms with Gasteiger partial charge in [0.1, 0.15) is 11.0 Å². The first-order chi connectivity index (χ1) is 14.3. The number of imidazole rings is 1. The van der Waals surface area contributed by atoms with Crippen LogP contribution in [0.2, 0.25) is 4.34 Å². The monoisotopic (exact) mass is 418 g/mol. The fraction of sp³-hybridized carbons (Fsp3) is 0. The molecule has 0 aliphatic carbocycles. The van der Waals surface area contributed by atoms with Crippen LogP contribution < -0.4 is 0 Å². The molecule has 0 aliphatic heterocycles. The number of hydrogen-bond acceptors (Lipinski definition) is 6. The van der Waals surface area contributed by atoms with Crippen molar-refractivity contribution in [2.75, 3.05) is 0 Å². The lowest BCUT2D eigenvalue weighted by molar-refractivity contribution is 1.09. The Bertz CT molecular complexity index is 1480. The highest BCUT2D eigenvalue weighted by Crippen LogP contribution is 2.35. The normalized spacial score (nSPS) is 11.6. The Labute approximate surface area is 172 Å². The van der Waals surface area contributed by atoms with Crippen LogP contribution >= 0.6 is 22.9 Å². The van der Waals surface area contributed by atoms with Crippen molar-refractivity contribution in [1.82, 2.24) is 40.3 Å². The number of thiophene rings is 1. The molecular formula is C19H11ClN8S. The van der Waals surface area contributed by atoms with E-state index in [1.165, 1.54) is 11.3 Å². The topological polar surface area (TPSA) is 112 Å². The first kappa shape index (κ1) is 16.4. The summed E-state index contributed by atoms with van der Waals surface area (Å²) in [4.78, 5) is 18.2. The van der Waals surface area contributed by atoms with Crippen LogP contribution in [-0.2, 0) is 0 Å². The summed E-state index contributed by atoms with van der Waals surface area (Å²) in [6.45, 7) is 0. The number of hydrogen-bond donors (Lipinski definition) is 3. The molecule has 0 amide bonds. The third-order valence-electron chi connectivity index (χ3n) is 4.66. The number of pyridine rings is 2. The molecule has 0 radical (unpaired) electrons. The fourth-order valence-electron chi connectivity index (χ4n) is 3.30. The van der Waals surface area contributed by atoms with Crippen LogP contribution in [0.25, 0.3) is 55.3 Å². The number of nitrogens with zero attached hydrogens (tertiary/aromatic N) is 5. The minimum atomic E-state index is 0.625. The molecule has 0 unspecified atom stereocenters. The molecule has 0 spiro atoms. The van der Waals surface area contributed by atoms with Crippen molar-refractivity contribution in [1.29, 1.82) is 0 Å². The van der Waals surface area contributed by atoms with Gasteiger partial charge in [0, 0.05) is 28.4 Å². The number of nitrogens with one attached hydrogen (secondary N) is 3. The fourth-order valence-corrected chi connectivity index (χ4v) is 4.35. The van der Waals surface area contributed by atoms with E-state index in [4.69, 9.17) is 21.6 Å². The Balaban J connectivity index is 1.53. The van der Waals surface area contributed by atoms with Gasteiger partial charge in [0.05, 0.1) is 33.5 Å². The Kier molecular flexibility index (Phi) is 3.52. The maximum atomic E-state index is 6.11. The quantitative estimate of drug-likeness (QED) is 0.386. The molecule has 0 fully saturated rings. The Morgan fingerprint density at radius 1 is 0.931 bits per heavy atom. The third kappa shape index (κ3) is 2.63. The smallest absolute Gasteiger partial charge is 0.161 e. The van der Waals surface area contributed by atoms with E-state index >= 15 is 0 Å². The molecule has 140 valence electrons. The van der Waals surface area contributed by atoms with E-state index in [-0.39, 0.29) is 0 Å². The molecular weight excluding hydrogens is 408 g/mol. The summed E-state index contributed by atoms with van der Waals surface area (Å²) in [6, 6.07) is 7.72. The zero-order valence-electron chi connectivity index (χ0n) is 14.6. The van der Waals surface area contributed by atoms with E-state index in [0.717, 1.165) is 48.1 Å². The largest absolute Gasteiger partial charge is 0.335 e. The van der Waals surface area contributed by atoms with Crippen LogP contribution in [0.3, 0.4) is 0 Å². The summed E-state index contributed by atoms with van der Waals surface area (Å²) in [5.74, 6) is 0.625. The van der Waals surface area contributed by atoms with E-state index < -0.39 is 0 Å². The average Bonchev–Trinajstić information content (AvgIpc) is 3.51. The van der Waals surface area contributed by atoms with Crippen LogP contribution in [0, 0.1) is 0 Å². The van der Waals surface area contributed by atoms with Gasteiger partial charge in [0.15, 0.2) is 11.5 Å². The number of halogens is 1. The summed E-state index contributed by atoms with van der Waals surface area (Å²) in [7, 11) is 0. The van der Waals surface area contributed by atoms with Gasteiger partial charge in [-0.3, -0.25) is 15.2 Å². The van der Waals surface area contributed by atoms with Crippen molar-refractivity contribution in [2.45, 2.75) is 0 Å². The van der Waals surface area contributed by atoms with Crippen molar-refractivity contribution in [2.24, 2.45) is 0 Å². The highest BCUT2D eigenvalue weighted by atomic mass is 35.5. The summed E-state index contributed by atoms with van der Waals surface area (Å²) >= 11 is 7.61. The molecule has 8 nitrogen and oxygen atoms in total. The molecule has 0 aliphatic rings. The standard InChI is InChI=1S/C19H11ClN8S/c20-15-4-3-14(29-15)10-7-21-8-13-16(10)26-19(25-13)18-17-12(27-28-18)2-1-11(24-17)9-5-22-23-6-9/h1-8H,(H,22,23)(H,25,26)(H,27,28). The zero-order valence-corrected chi connectivity index (χ0v) is 16.2. The third-order valence-corrected chi connectivity index (χ3v) is 5.92. The minimum Gasteiger partial charge on any atom is -0.335 e. The van der Waals surface area contributed by atoms with Crippen molar-refractivity contribution < 1.29 is 0 Å². The average molecular weight is 419 g/mol. The number of fused-ring (bicyclic) bond motifs is 2. The van der Waals surface area contributed by atoms with Crippen LogP contribution in [0.5, 0.6) is 0 Å². The van der Waals surface area contributed by atoms with E-state index in [9.17, 15) is 0 Å². The highest BCUT2D eigenvalue weighted by Gasteiger charge is 2.17. The van der Waals surface area contributed by atoms with E-state index in [1.807, 2.05) is 24.3 Å². The SMILES string of the molecule is Clc1ccc(-c2cncc3[nH]c(-c4n[nH]c5ccc(-c6cn[nH]c6)nc45)nc23)s1. The predicted octanol–water partition coefficient (Wildman–Crippen LogP) is 4.67. The maximum Gasteiger partial charge on any atom is 0.161 e. The second kappa shape index (κ2) is 6.23.